The van der Waals surface area contributed by atoms with Gasteiger partial charge in [-0.25, -0.2) is 13.9 Å². The van der Waals surface area contributed by atoms with Crippen molar-refractivity contribution < 1.29 is 274 Å². The van der Waals surface area contributed by atoms with E-state index in [0.29, 0.717) is 52.7 Å². The number of nitrogens with two attached hydrogens (primary N) is 1. The zero-order chi connectivity index (χ0) is 110. The number of nitrogens with one attached hydrogen (secondary N) is 4. The lowest BCUT2D eigenvalue weighted by molar-refractivity contribution is -0.643. The molecule has 8 aliphatic rings. The van der Waals surface area contributed by atoms with Gasteiger partial charge in [-0.15, -0.1) is 0 Å². The molecule has 0 spiro atoms. The van der Waals surface area contributed by atoms with Crippen LogP contribution in [0.5, 0.6) is 0 Å². The summed E-state index contributed by atoms with van der Waals surface area (Å²) < 4.78 is 113. The average Bonchev–Trinajstić information content (AvgIpc) is 1.59. The first-order valence-corrected chi connectivity index (χ1v) is 47.7. The van der Waals surface area contributed by atoms with Gasteiger partial charge in [0.05, 0.1) is 162 Å². The van der Waals surface area contributed by atoms with Crippen LogP contribution < -0.4 is 44.0 Å². The van der Waals surface area contributed by atoms with E-state index in [1.165, 1.54) is 0 Å². The normalized spacial score (nSPS) is 37.6. The van der Waals surface area contributed by atoms with Crippen LogP contribution in [0.15, 0.2) is 29.4 Å². The Morgan fingerprint density at radius 1 is 0.510 bits per heavy atom. The third kappa shape index (κ3) is 33.8. The third-order valence-electron chi connectivity index (χ3n) is 25.5. The number of ether oxygens (including phenoxy) is 19. The van der Waals surface area contributed by atoms with E-state index in [9.17, 15) is 167 Å². The molecule has 9 heterocycles. The summed E-state index contributed by atoms with van der Waals surface area (Å²) in [6, 6.07) is 0.874. The van der Waals surface area contributed by atoms with E-state index in [1.54, 1.807) is 0 Å². The molecule has 8 fully saturated rings. The first-order chi connectivity index (χ1) is 70.2. The molecule has 0 aliphatic carbocycles. The van der Waals surface area contributed by atoms with E-state index in [4.69, 9.17) is 113 Å². The first kappa shape index (κ1) is 130. The molecule has 4 amide bonds. The smallest absolute Gasteiger partial charge is 0.364 e. The molecule has 18 unspecified atom stereocenters. The lowest BCUT2D eigenvalue weighted by Crippen LogP contribution is -3.00. The number of aliphatic carboxylic acids is 1. The van der Waals surface area contributed by atoms with Crippen LogP contribution in [0.1, 0.15) is 47.0 Å². The number of aryl methyl sites for hydroxylation is 2. The number of fused-ring (bicyclic) bond motifs is 1. The molecule has 0 saturated carbocycles. The van der Waals surface area contributed by atoms with Crippen molar-refractivity contribution >= 4 is 52.2 Å². The summed E-state index contributed by atoms with van der Waals surface area (Å²) in [5.41, 5.74) is 15.5. The summed E-state index contributed by atoms with van der Waals surface area (Å²) in [5.74, 6) is -12.4. The van der Waals surface area contributed by atoms with Gasteiger partial charge in [-0.1, -0.05) is 17.2 Å². The molecule has 2 aromatic rings. The number of para-hydroxylation sites is 2. The number of halogens is 2. The molecule has 64 heteroatoms. The number of aliphatic hydroxyl groups excluding tert-OH is 27. The molecule has 149 heavy (non-hydrogen) atoms. The van der Waals surface area contributed by atoms with Crippen molar-refractivity contribution in [1.29, 1.82) is 0 Å². The topological polar surface area (TPSA) is 959 Å². The Balaban J connectivity index is 0.000000924. The number of aliphatic hydroxyl groups is 27. The van der Waals surface area contributed by atoms with Crippen LogP contribution in [0.25, 0.3) is 21.5 Å². The second kappa shape index (κ2) is 62.3. The average molecular weight is 2210 g/mol. The minimum absolute atomic E-state index is 0. The van der Waals surface area contributed by atoms with Crippen molar-refractivity contribution in [3.63, 3.8) is 0 Å². The number of carbonyl (C=O) groups is 5. The number of carbonyl (C=O) groups excluding carboxylic acids is 4. The number of nitrogens with zero attached hydrogens (tertiary/aromatic N) is 5. The van der Waals surface area contributed by atoms with Crippen LogP contribution in [0, 0.1) is 11.8 Å². The molecule has 62 nitrogen and oxygen atoms in total. The number of rotatable bonds is 50. The van der Waals surface area contributed by atoms with Gasteiger partial charge in [-0.3, -0.25) is 19.2 Å². The maximum atomic E-state index is 13.0. The Hall–Kier alpha value is -5.95. The van der Waals surface area contributed by atoms with E-state index in [2.05, 4.69) is 43.4 Å². The van der Waals surface area contributed by atoms with Gasteiger partial charge in [-0.05, 0) is 30.5 Å². The number of carboxylic acid groups (broad SMARTS) is 1. The van der Waals surface area contributed by atoms with Crippen molar-refractivity contribution in [3.05, 3.63) is 40.0 Å². The van der Waals surface area contributed by atoms with E-state index in [1.807, 2.05) is 35.4 Å². The van der Waals surface area contributed by atoms with E-state index in [0.717, 1.165) is 44.0 Å². The third-order valence-corrected chi connectivity index (χ3v) is 26.0. The monoisotopic (exact) mass is 2210 g/mol. The molecule has 1 aromatic carbocycles. The van der Waals surface area contributed by atoms with Crippen molar-refractivity contribution in [1.82, 2.24) is 25.8 Å². The fraction of sp³-hybridized carbons (Fsp3) is 0.859. The van der Waals surface area contributed by atoms with Crippen molar-refractivity contribution in [2.24, 2.45) is 36.8 Å². The number of benzene rings is 1. The second-order valence-electron chi connectivity index (χ2n) is 35.9. The highest BCUT2D eigenvalue weighted by Crippen LogP contribution is 2.42. The van der Waals surface area contributed by atoms with Gasteiger partial charge in [0, 0.05) is 82.8 Å². The predicted octanol–water partition coefficient (Wildman–Crippen LogP) is -21.0. The Kier molecular flexibility index (Phi) is 54.3. The van der Waals surface area contributed by atoms with Crippen molar-refractivity contribution in [2.75, 3.05) is 125 Å². The standard InChI is InChI=1S/C68H116N4O49.C9H10ClN2.C8H18N4O3.ClH/c1-19(81)69-35-27(87)9-68(67(104)105,121-57(35)40(89)25(85)5-7-73)108-18-34-44(93)49(98)51(100)65(115-34)118-55-31(14-79)112-62(37(46(55)95)71-21(3)83)107-16-24-39(88)42(91)28(11-76)110-61(24)116-53-23(10-75)33(114-66(52(53)101)119-54-30(13-78)109-59(102)36(45(54)94)70-20(2)82)17-106-60(103)58(41(90)26(86)6-8-74)120-63-38(72-22(4)84)47(96)56(32(15-80)113-63)117-64-50(99)48(97)43(92)29(12-77)111-64;1-11-7-5-3-4-6-8(7)12(2)9(11)10;9-1-3-13-5-7-15-8-6-14-4-2-11-12-10;/h23-66,73-80,85-103H,5-18H2,1-4H3,(H,69,81)(H,70,82)(H,71,83)(H,72,84)(H,104,105);3-6H,1-2H3;1-9H2;1H/q;+1;;/p-1/t23-,24?,25-,26-,27-,28?,29?,30?,31?,32?,33?,34?,35-,36?,37+,38?,39?,40-,41+,42-,43+,44+,45-,46?,47-,48+,49?,50?,51+,52-,53?,54-,55-,56-,57?,58?,59?,60-,61-,62-,63+,64+,65+,66+,68-;;;/m1.../s1. The second-order valence-corrected chi connectivity index (χ2v) is 36.3. The number of amides is 4. The molecule has 860 valence electrons. The minimum Gasteiger partial charge on any atom is -1.00 e. The Morgan fingerprint density at radius 2 is 0.953 bits per heavy atom. The van der Waals surface area contributed by atoms with E-state index < -0.39 is 397 Å². The van der Waals surface area contributed by atoms with Gasteiger partial charge in [-0.2, -0.15) is 0 Å². The fourth-order valence-electron chi connectivity index (χ4n) is 17.6. The molecule has 34 N–H and O–H groups in total. The van der Waals surface area contributed by atoms with Crippen molar-refractivity contribution in [2.45, 2.75) is 310 Å². The maximum absolute atomic E-state index is 13.0. The molecule has 0 bridgehead atoms. The van der Waals surface area contributed by atoms with Crippen LogP contribution in [0.2, 0.25) is 5.28 Å². The highest BCUT2D eigenvalue weighted by molar-refractivity contribution is 6.28. The van der Waals surface area contributed by atoms with E-state index >= 15 is 0 Å². The van der Waals surface area contributed by atoms with Crippen LogP contribution >= 0.6 is 11.6 Å². The summed E-state index contributed by atoms with van der Waals surface area (Å²) in [4.78, 5) is 66.0. The number of hydrogen-bond acceptors (Lipinski definition) is 53. The Bertz CT molecular complexity index is 4320. The zero-order valence-corrected chi connectivity index (χ0v) is 83.2. The lowest BCUT2D eigenvalue weighted by Gasteiger charge is -2.50. The molecular formula is C85H144Cl2N10O52. The van der Waals surface area contributed by atoms with Gasteiger partial charge in [0.15, 0.2) is 61.4 Å². The maximum Gasteiger partial charge on any atom is 0.364 e. The van der Waals surface area contributed by atoms with Gasteiger partial charge in [0.2, 0.25) is 23.6 Å². The highest BCUT2D eigenvalue weighted by atomic mass is 35.5. The van der Waals surface area contributed by atoms with Crippen molar-refractivity contribution in [3.8, 4) is 0 Å². The Labute approximate surface area is 861 Å². The number of aromatic nitrogens is 2. The SMILES string of the molecule is CC(=O)NC1C(O)OC(CO)[C@@H](O[C@@H]2OC(CO[C@@H](O)C(O[C@@H]3OC(CO)[C@@H](O[C@@H]4OC(CO)[C@H](O)[C@H](O)C4O)[C@H](O)C3NC(C)=O)[C@@H](O)[C@H](O)CCO)[C@@H](CO)C(O[C@H]3OC(CO)[C@@H](O)C(O)C3CO[C@@H]3OC(CO)[C@@H](O[C@@H]4OC(CO[C@]5(C(=O)O)C[C@@H](O)[C@@H](NC(C)=O)C([C@H](O)[C@H](O)CCO)O5)[C@H](O)C(O)[C@@H]4O)C(O)[C@@H]3NC(C)=O)[C@H]2O)[C@@H]1O.Cn1c(Cl)[n+](C)c2ccccc21.[Cl-].[N-]=[N+]=NCCOCCOCCOCCN. The van der Waals surface area contributed by atoms with Gasteiger partial charge in [0.25, 0.3) is 5.79 Å². The molecule has 10 rings (SSSR count). The van der Waals surface area contributed by atoms with Gasteiger partial charge < -0.3 is 272 Å². The van der Waals surface area contributed by atoms with Crippen LogP contribution in [-0.4, -0.2) is 566 Å². The highest BCUT2D eigenvalue weighted by Gasteiger charge is 2.62. The van der Waals surface area contributed by atoms with Gasteiger partial charge >= 0.3 is 11.3 Å². The molecular weight excluding hydrogens is 2060 g/mol. The fourth-order valence-corrected chi connectivity index (χ4v) is 17.8. The molecule has 8 aliphatic heterocycles. The largest absolute Gasteiger partial charge is 1.00 e. The predicted molar refractivity (Wildman–Crippen MR) is 481 cm³/mol. The first-order valence-electron chi connectivity index (χ1n) is 47.3. The van der Waals surface area contributed by atoms with Crippen LogP contribution in [0.4, 0.5) is 0 Å². The van der Waals surface area contributed by atoms with Gasteiger partial charge in [0.1, 0.15) is 165 Å². The molecule has 8 saturated heterocycles. The van der Waals surface area contributed by atoms with Crippen LogP contribution in [0.3, 0.4) is 0 Å². The summed E-state index contributed by atoms with van der Waals surface area (Å²) in [6.07, 6.45) is -82.1. The van der Waals surface area contributed by atoms with E-state index in [-0.39, 0.29) is 12.4 Å². The molecule has 45 atom stereocenters. The summed E-state index contributed by atoms with van der Waals surface area (Å²) in [6.45, 7) is -3.95. The zero-order valence-electron chi connectivity index (χ0n) is 81.7. The molecule has 0 radical (unpaired) electrons. The Morgan fingerprint density at radius 3 is 1.46 bits per heavy atom. The summed E-state index contributed by atoms with van der Waals surface area (Å²) in [7, 11) is 3.93. The number of imidazole rings is 1. The minimum atomic E-state index is -3.05. The number of carboxylic acids is 1. The number of azide groups is 1. The summed E-state index contributed by atoms with van der Waals surface area (Å²) in [5, 5.41) is 323. The number of hydrogen-bond donors (Lipinski definition) is 33. The molecule has 1 aromatic heterocycles. The summed E-state index contributed by atoms with van der Waals surface area (Å²) >= 11 is 6.05. The van der Waals surface area contributed by atoms with Crippen LogP contribution in [-0.2, 0) is 128 Å². The quantitative estimate of drug-likeness (QED) is 0.00730. The lowest BCUT2D eigenvalue weighted by atomic mass is 9.88.